The Morgan fingerprint density at radius 1 is 1.39 bits per heavy atom. The molecule has 0 amide bonds. The number of phenols is 1. The third-order valence-corrected chi connectivity index (χ3v) is 3.53. The summed E-state index contributed by atoms with van der Waals surface area (Å²) in [6, 6.07) is 7.29. The Labute approximate surface area is 108 Å². The lowest BCUT2D eigenvalue weighted by Crippen LogP contribution is -2.45. The van der Waals surface area contributed by atoms with Crippen LogP contribution in [0.3, 0.4) is 0 Å². The van der Waals surface area contributed by atoms with Crippen molar-refractivity contribution in [2.24, 2.45) is 0 Å². The lowest BCUT2D eigenvalue weighted by Gasteiger charge is -2.33. The van der Waals surface area contributed by atoms with E-state index >= 15 is 0 Å². The molecule has 0 aliphatic carbocycles. The highest BCUT2D eigenvalue weighted by atomic mass is 16.5. The maximum Gasteiger partial charge on any atom is 0.115 e. The number of nitrogens with one attached hydrogen (secondary N) is 1. The first-order valence-electron chi connectivity index (χ1n) is 6.41. The number of hydrogen-bond acceptors (Lipinski definition) is 4. The lowest BCUT2D eigenvalue weighted by atomic mass is 9.94. The quantitative estimate of drug-likeness (QED) is 0.760. The smallest absolute Gasteiger partial charge is 0.115 e. The third-order valence-electron chi connectivity index (χ3n) is 3.53. The van der Waals surface area contributed by atoms with E-state index in [1.165, 1.54) is 0 Å². The normalized spacial score (nSPS) is 20.6. The number of phenolic OH excluding ortho intramolecular Hbond substituents is 1. The summed E-state index contributed by atoms with van der Waals surface area (Å²) in [5.41, 5.74) is 0.356. The van der Waals surface area contributed by atoms with E-state index in [9.17, 15) is 10.2 Å². The zero-order valence-electron chi connectivity index (χ0n) is 10.7. The lowest BCUT2D eigenvalue weighted by molar-refractivity contribution is -0.0626. The van der Waals surface area contributed by atoms with Gasteiger partial charge in [-0.1, -0.05) is 12.1 Å². The van der Waals surface area contributed by atoms with Crippen LogP contribution in [-0.2, 0) is 4.74 Å². The molecule has 1 atom stereocenters. The van der Waals surface area contributed by atoms with Gasteiger partial charge in [0.1, 0.15) is 5.75 Å². The summed E-state index contributed by atoms with van der Waals surface area (Å²) in [4.78, 5) is 0. The van der Waals surface area contributed by atoms with E-state index < -0.39 is 5.60 Å². The SMILES string of the molecule is CC(NCC1(O)CCOCC1)c1cccc(O)c1. The molecule has 100 valence electrons. The van der Waals surface area contributed by atoms with Crippen LogP contribution in [-0.4, -0.2) is 35.6 Å². The molecule has 0 spiro atoms. The minimum absolute atomic E-state index is 0.101. The molecule has 1 aliphatic rings. The van der Waals surface area contributed by atoms with E-state index in [1.807, 2.05) is 19.1 Å². The Morgan fingerprint density at radius 3 is 2.78 bits per heavy atom. The zero-order chi connectivity index (χ0) is 13.0. The summed E-state index contributed by atoms with van der Waals surface area (Å²) in [7, 11) is 0. The summed E-state index contributed by atoms with van der Waals surface area (Å²) in [6.45, 7) is 3.82. The number of benzene rings is 1. The summed E-state index contributed by atoms with van der Waals surface area (Å²) in [5.74, 6) is 0.269. The Bertz CT molecular complexity index is 388. The predicted molar refractivity (Wildman–Crippen MR) is 69.5 cm³/mol. The van der Waals surface area contributed by atoms with Gasteiger partial charge in [0.25, 0.3) is 0 Å². The second-order valence-electron chi connectivity index (χ2n) is 5.03. The van der Waals surface area contributed by atoms with Gasteiger partial charge in [-0.05, 0) is 24.6 Å². The molecule has 3 N–H and O–H groups in total. The molecule has 1 aliphatic heterocycles. The third kappa shape index (κ3) is 3.45. The van der Waals surface area contributed by atoms with Gasteiger partial charge in [-0.25, -0.2) is 0 Å². The topological polar surface area (TPSA) is 61.7 Å². The van der Waals surface area contributed by atoms with Crippen molar-refractivity contribution in [3.8, 4) is 5.75 Å². The Morgan fingerprint density at radius 2 is 2.11 bits per heavy atom. The number of hydrogen-bond donors (Lipinski definition) is 3. The first-order chi connectivity index (χ1) is 8.59. The van der Waals surface area contributed by atoms with E-state index in [0.717, 1.165) is 5.56 Å². The van der Waals surface area contributed by atoms with E-state index in [0.29, 0.717) is 32.6 Å². The van der Waals surface area contributed by atoms with Crippen LogP contribution in [0.2, 0.25) is 0 Å². The van der Waals surface area contributed by atoms with E-state index in [4.69, 9.17) is 4.74 Å². The Kier molecular flexibility index (Phi) is 4.22. The van der Waals surface area contributed by atoms with Crippen LogP contribution in [0.15, 0.2) is 24.3 Å². The molecule has 0 bridgehead atoms. The van der Waals surface area contributed by atoms with Crippen molar-refractivity contribution in [3.63, 3.8) is 0 Å². The van der Waals surface area contributed by atoms with E-state index in [-0.39, 0.29) is 11.8 Å². The highest BCUT2D eigenvalue weighted by molar-refractivity contribution is 5.29. The molecule has 0 aromatic heterocycles. The molecule has 1 unspecified atom stereocenters. The van der Waals surface area contributed by atoms with Gasteiger partial charge in [-0.2, -0.15) is 0 Å². The van der Waals surface area contributed by atoms with Crippen LogP contribution in [0.1, 0.15) is 31.4 Å². The van der Waals surface area contributed by atoms with E-state index in [1.54, 1.807) is 12.1 Å². The van der Waals surface area contributed by atoms with Gasteiger partial charge in [0, 0.05) is 38.6 Å². The molecule has 0 radical (unpaired) electrons. The summed E-state index contributed by atoms with van der Waals surface area (Å²) in [6.07, 6.45) is 1.35. The molecule has 1 fully saturated rings. The molecule has 2 rings (SSSR count). The molecule has 18 heavy (non-hydrogen) atoms. The van der Waals surface area contributed by atoms with Gasteiger partial charge in [0.2, 0.25) is 0 Å². The van der Waals surface area contributed by atoms with Crippen LogP contribution >= 0.6 is 0 Å². The highest BCUT2D eigenvalue weighted by Crippen LogP contribution is 2.22. The van der Waals surface area contributed by atoms with Crippen LogP contribution in [0.25, 0.3) is 0 Å². The predicted octanol–water partition coefficient (Wildman–Crippen LogP) is 1.58. The average Bonchev–Trinajstić information content (AvgIpc) is 2.37. The van der Waals surface area contributed by atoms with Crippen molar-refractivity contribution < 1.29 is 14.9 Å². The number of aliphatic hydroxyl groups is 1. The van der Waals surface area contributed by atoms with Gasteiger partial charge in [0.15, 0.2) is 0 Å². The molecule has 1 aromatic carbocycles. The minimum atomic E-state index is -0.663. The average molecular weight is 251 g/mol. The van der Waals surface area contributed by atoms with Gasteiger partial charge < -0.3 is 20.3 Å². The molecular formula is C14H21NO3. The van der Waals surface area contributed by atoms with Crippen molar-refractivity contribution in [3.05, 3.63) is 29.8 Å². The van der Waals surface area contributed by atoms with Crippen molar-refractivity contribution in [2.75, 3.05) is 19.8 Å². The monoisotopic (exact) mass is 251 g/mol. The van der Waals surface area contributed by atoms with Crippen LogP contribution < -0.4 is 5.32 Å². The Hall–Kier alpha value is -1.10. The fourth-order valence-electron chi connectivity index (χ4n) is 2.18. The molecule has 0 saturated carbocycles. The molecule has 4 nitrogen and oxygen atoms in total. The van der Waals surface area contributed by atoms with Crippen molar-refractivity contribution in [1.82, 2.24) is 5.32 Å². The van der Waals surface area contributed by atoms with Crippen LogP contribution in [0.5, 0.6) is 5.75 Å². The van der Waals surface area contributed by atoms with Crippen molar-refractivity contribution in [1.29, 1.82) is 0 Å². The molecule has 1 aromatic rings. The largest absolute Gasteiger partial charge is 0.508 e. The highest BCUT2D eigenvalue weighted by Gasteiger charge is 2.29. The number of rotatable bonds is 4. The standard InChI is InChI=1S/C14H21NO3/c1-11(12-3-2-4-13(16)9-12)15-10-14(17)5-7-18-8-6-14/h2-4,9,11,15-17H,5-8,10H2,1H3. The minimum Gasteiger partial charge on any atom is -0.508 e. The van der Waals surface area contributed by atoms with Gasteiger partial charge >= 0.3 is 0 Å². The zero-order valence-corrected chi connectivity index (χ0v) is 10.7. The molecule has 1 saturated heterocycles. The van der Waals surface area contributed by atoms with Gasteiger partial charge in [-0.3, -0.25) is 0 Å². The Balaban J connectivity index is 1.89. The number of aromatic hydroxyl groups is 1. The first-order valence-corrected chi connectivity index (χ1v) is 6.41. The number of ether oxygens (including phenoxy) is 1. The van der Waals surface area contributed by atoms with Gasteiger partial charge in [0.05, 0.1) is 5.60 Å². The van der Waals surface area contributed by atoms with E-state index in [2.05, 4.69) is 5.32 Å². The van der Waals surface area contributed by atoms with Crippen molar-refractivity contribution in [2.45, 2.75) is 31.4 Å². The fraction of sp³-hybridized carbons (Fsp3) is 0.571. The second-order valence-corrected chi connectivity index (χ2v) is 5.03. The maximum absolute atomic E-state index is 10.3. The summed E-state index contributed by atoms with van der Waals surface area (Å²) < 4.78 is 5.25. The van der Waals surface area contributed by atoms with Gasteiger partial charge in [-0.15, -0.1) is 0 Å². The molecule has 1 heterocycles. The second kappa shape index (κ2) is 5.69. The fourth-order valence-corrected chi connectivity index (χ4v) is 2.18. The van der Waals surface area contributed by atoms with Crippen LogP contribution in [0.4, 0.5) is 0 Å². The summed E-state index contributed by atoms with van der Waals surface area (Å²) in [5, 5.41) is 23.1. The van der Waals surface area contributed by atoms with Crippen molar-refractivity contribution >= 4 is 0 Å². The maximum atomic E-state index is 10.3. The first kappa shape index (κ1) is 13.3. The van der Waals surface area contributed by atoms with Crippen LogP contribution in [0, 0.1) is 0 Å². The molecule has 4 heteroatoms. The summed E-state index contributed by atoms with van der Waals surface area (Å²) >= 11 is 0. The molecular weight excluding hydrogens is 230 g/mol.